The van der Waals surface area contributed by atoms with Gasteiger partial charge in [0.1, 0.15) is 6.07 Å². The quantitative estimate of drug-likeness (QED) is 0.448. The Hall–Kier alpha value is -2.13. The number of unbranched alkanes of at least 4 members (excludes halogenated alkanes) is 1. The Balaban J connectivity index is 2.44. The molecule has 1 rings (SSSR count). The summed E-state index contributed by atoms with van der Waals surface area (Å²) < 4.78 is 5.43. The van der Waals surface area contributed by atoms with E-state index >= 15 is 0 Å². The first-order valence-electron chi connectivity index (χ1n) is 6.58. The number of ether oxygens (including phenoxy) is 1. The fraction of sp³-hybridized carbons (Fsp3) is 0.500. The lowest BCUT2D eigenvalue weighted by Gasteiger charge is -2.09. The van der Waals surface area contributed by atoms with Crippen LogP contribution in [0.1, 0.15) is 32.3 Å². The van der Waals surface area contributed by atoms with Crippen molar-refractivity contribution < 1.29 is 9.66 Å². The van der Waals surface area contributed by atoms with Gasteiger partial charge >= 0.3 is 0 Å². The van der Waals surface area contributed by atoms with Crippen molar-refractivity contribution in [2.45, 2.75) is 32.8 Å². The number of nitro groups is 1. The summed E-state index contributed by atoms with van der Waals surface area (Å²) in [6.07, 6.45) is 2.08. The highest BCUT2D eigenvalue weighted by atomic mass is 16.6. The van der Waals surface area contributed by atoms with E-state index in [0.717, 1.165) is 12.8 Å². The summed E-state index contributed by atoms with van der Waals surface area (Å²) in [6, 6.07) is 6.21. The molecule has 0 fully saturated rings. The number of nitrogens with zero attached hydrogens (tertiary/aromatic N) is 2. The molecule has 1 aromatic carbocycles. The zero-order valence-electron chi connectivity index (χ0n) is 11.8. The smallest absolute Gasteiger partial charge is 0.270 e. The molecule has 20 heavy (non-hydrogen) atoms. The lowest BCUT2D eigenvalue weighted by molar-refractivity contribution is -0.384. The summed E-state index contributed by atoms with van der Waals surface area (Å²) in [5.41, 5.74) is 0.845. The van der Waals surface area contributed by atoms with E-state index in [0.29, 0.717) is 18.8 Å². The van der Waals surface area contributed by atoms with Gasteiger partial charge in [0.2, 0.25) is 0 Å². The van der Waals surface area contributed by atoms with E-state index in [1.165, 1.54) is 12.1 Å². The van der Waals surface area contributed by atoms with Crippen LogP contribution < -0.4 is 5.32 Å². The number of non-ortho nitro benzene ring substituents is 1. The molecule has 0 aliphatic heterocycles. The molecule has 1 N–H and O–H groups in total. The van der Waals surface area contributed by atoms with E-state index in [-0.39, 0.29) is 17.4 Å². The fourth-order valence-corrected chi connectivity index (χ4v) is 1.66. The Labute approximate surface area is 118 Å². The van der Waals surface area contributed by atoms with Gasteiger partial charge in [-0.1, -0.05) is 0 Å². The van der Waals surface area contributed by atoms with Crippen molar-refractivity contribution in [3.63, 3.8) is 0 Å². The fourth-order valence-electron chi connectivity index (χ4n) is 1.66. The number of nitro benzene ring substituents is 1. The molecule has 0 aliphatic rings. The highest BCUT2D eigenvalue weighted by Crippen LogP contribution is 2.21. The summed E-state index contributed by atoms with van der Waals surface area (Å²) in [4.78, 5) is 10.1. The van der Waals surface area contributed by atoms with Gasteiger partial charge in [-0.05, 0) is 32.8 Å². The molecule has 0 spiro atoms. The third kappa shape index (κ3) is 5.24. The van der Waals surface area contributed by atoms with Crippen LogP contribution in [0.4, 0.5) is 11.4 Å². The van der Waals surface area contributed by atoms with Gasteiger partial charge in [0.15, 0.2) is 0 Å². The van der Waals surface area contributed by atoms with Crippen LogP contribution in [-0.2, 0) is 4.74 Å². The maximum absolute atomic E-state index is 10.6. The predicted molar refractivity (Wildman–Crippen MR) is 76.6 cm³/mol. The number of anilines is 1. The first kappa shape index (κ1) is 15.9. The number of nitrogens with one attached hydrogen (secondary N) is 1. The van der Waals surface area contributed by atoms with Crippen LogP contribution >= 0.6 is 0 Å². The summed E-state index contributed by atoms with van der Waals surface area (Å²) in [7, 11) is 0. The number of nitriles is 1. The van der Waals surface area contributed by atoms with Gasteiger partial charge in [-0.3, -0.25) is 10.1 Å². The summed E-state index contributed by atoms with van der Waals surface area (Å²) in [6.45, 7) is 5.40. The molecule has 0 bridgehead atoms. The van der Waals surface area contributed by atoms with E-state index in [4.69, 9.17) is 10.00 Å². The van der Waals surface area contributed by atoms with Gasteiger partial charge in [0.05, 0.1) is 22.3 Å². The second-order valence-electron chi connectivity index (χ2n) is 4.65. The van der Waals surface area contributed by atoms with Gasteiger partial charge in [-0.25, -0.2) is 0 Å². The normalized spacial score (nSPS) is 10.3. The largest absolute Gasteiger partial charge is 0.384 e. The van der Waals surface area contributed by atoms with Crippen LogP contribution in [-0.4, -0.2) is 24.2 Å². The third-order valence-corrected chi connectivity index (χ3v) is 2.67. The van der Waals surface area contributed by atoms with E-state index in [9.17, 15) is 10.1 Å². The second kappa shape index (κ2) is 8.12. The third-order valence-electron chi connectivity index (χ3n) is 2.67. The lowest BCUT2D eigenvalue weighted by atomic mass is 10.1. The van der Waals surface area contributed by atoms with Crippen molar-refractivity contribution in [2.75, 3.05) is 18.5 Å². The van der Waals surface area contributed by atoms with E-state index < -0.39 is 4.92 Å². The summed E-state index contributed by atoms with van der Waals surface area (Å²) in [5.74, 6) is 0. The summed E-state index contributed by atoms with van der Waals surface area (Å²) >= 11 is 0. The van der Waals surface area contributed by atoms with E-state index in [2.05, 4.69) is 5.32 Å². The second-order valence-corrected chi connectivity index (χ2v) is 4.65. The highest BCUT2D eigenvalue weighted by molar-refractivity contribution is 5.61. The molecule has 0 aliphatic carbocycles. The molecule has 0 saturated heterocycles. The number of hydrogen-bond acceptors (Lipinski definition) is 5. The minimum atomic E-state index is -0.506. The van der Waals surface area contributed by atoms with Gasteiger partial charge in [0, 0.05) is 25.3 Å². The Kier molecular flexibility index (Phi) is 6.47. The monoisotopic (exact) mass is 277 g/mol. The van der Waals surface area contributed by atoms with Crippen molar-refractivity contribution in [1.82, 2.24) is 0 Å². The number of hydrogen-bond donors (Lipinski definition) is 1. The van der Waals surface area contributed by atoms with Crippen molar-refractivity contribution in [3.8, 4) is 6.07 Å². The van der Waals surface area contributed by atoms with Crippen LogP contribution in [0.15, 0.2) is 18.2 Å². The highest BCUT2D eigenvalue weighted by Gasteiger charge is 2.10. The van der Waals surface area contributed by atoms with Crippen LogP contribution in [0.3, 0.4) is 0 Å². The average molecular weight is 277 g/mol. The molecule has 1 aromatic rings. The number of benzene rings is 1. The van der Waals surface area contributed by atoms with Crippen LogP contribution in [0.25, 0.3) is 0 Å². The molecule has 0 unspecified atom stereocenters. The van der Waals surface area contributed by atoms with Crippen molar-refractivity contribution >= 4 is 11.4 Å². The molecule has 0 heterocycles. The zero-order valence-corrected chi connectivity index (χ0v) is 11.8. The van der Waals surface area contributed by atoms with Crippen molar-refractivity contribution in [3.05, 3.63) is 33.9 Å². The van der Waals surface area contributed by atoms with Crippen molar-refractivity contribution in [2.24, 2.45) is 0 Å². The Bertz CT molecular complexity index is 495. The molecule has 0 atom stereocenters. The molecular formula is C14H19N3O3. The van der Waals surface area contributed by atoms with Crippen molar-refractivity contribution in [1.29, 1.82) is 5.26 Å². The topological polar surface area (TPSA) is 88.2 Å². The maximum atomic E-state index is 10.6. The van der Waals surface area contributed by atoms with Gasteiger partial charge < -0.3 is 10.1 Å². The maximum Gasteiger partial charge on any atom is 0.270 e. The molecule has 0 radical (unpaired) electrons. The average Bonchev–Trinajstić information content (AvgIpc) is 2.42. The van der Waals surface area contributed by atoms with Gasteiger partial charge in [-0.15, -0.1) is 0 Å². The zero-order chi connectivity index (χ0) is 15.0. The standard InChI is InChI=1S/C14H19N3O3/c1-11(2)20-8-4-3-7-16-14-6-5-13(17(18)19)9-12(14)10-15/h5-6,9,11,16H,3-4,7-8H2,1-2H3. The molecule has 0 saturated carbocycles. The number of rotatable bonds is 8. The first-order valence-corrected chi connectivity index (χ1v) is 6.58. The molecular weight excluding hydrogens is 258 g/mol. The molecule has 108 valence electrons. The minimum Gasteiger partial charge on any atom is -0.384 e. The van der Waals surface area contributed by atoms with Gasteiger partial charge in [0.25, 0.3) is 5.69 Å². The SMILES string of the molecule is CC(C)OCCCCNc1ccc([N+](=O)[O-])cc1C#N. The minimum absolute atomic E-state index is 0.0718. The van der Waals surface area contributed by atoms with Gasteiger partial charge in [-0.2, -0.15) is 5.26 Å². The molecule has 6 nitrogen and oxygen atoms in total. The predicted octanol–water partition coefficient (Wildman–Crippen LogP) is 3.08. The Morgan fingerprint density at radius 1 is 1.45 bits per heavy atom. The Morgan fingerprint density at radius 3 is 2.80 bits per heavy atom. The molecule has 0 aromatic heterocycles. The van der Waals surface area contributed by atoms with Crippen LogP contribution in [0.5, 0.6) is 0 Å². The molecule has 6 heteroatoms. The van der Waals surface area contributed by atoms with Crippen LogP contribution in [0, 0.1) is 21.4 Å². The van der Waals surface area contributed by atoms with E-state index in [1.54, 1.807) is 6.07 Å². The molecule has 0 amide bonds. The lowest BCUT2D eigenvalue weighted by Crippen LogP contribution is -2.07. The summed E-state index contributed by atoms with van der Waals surface area (Å²) in [5, 5.41) is 22.7. The first-order chi connectivity index (χ1) is 9.54. The van der Waals surface area contributed by atoms with Crippen LogP contribution in [0.2, 0.25) is 0 Å². The van der Waals surface area contributed by atoms with E-state index in [1.807, 2.05) is 19.9 Å². The Morgan fingerprint density at radius 2 is 2.20 bits per heavy atom.